The highest BCUT2D eigenvalue weighted by Crippen LogP contribution is 2.33. The van der Waals surface area contributed by atoms with Crippen molar-refractivity contribution >= 4 is 17.3 Å². The largest absolute Gasteiger partial charge is 0.497 e. The van der Waals surface area contributed by atoms with E-state index in [0.29, 0.717) is 11.6 Å². The minimum Gasteiger partial charge on any atom is -0.497 e. The van der Waals surface area contributed by atoms with E-state index < -0.39 is 0 Å². The normalized spacial score (nSPS) is 13.1. The number of nitrogens with zero attached hydrogens (tertiary/aromatic N) is 4. The molecule has 7 nitrogen and oxygen atoms in total. The summed E-state index contributed by atoms with van der Waals surface area (Å²) in [5, 5.41) is 7.96. The number of rotatable bonds is 4. The second-order valence-electron chi connectivity index (χ2n) is 5.84. The molecule has 0 radical (unpaired) electrons. The Morgan fingerprint density at radius 1 is 1.04 bits per heavy atom. The van der Waals surface area contributed by atoms with Crippen LogP contribution in [0.2, 0.25) is 0 Å². The molecule has 2 heterocycles. The lowest BCUT2D eigenvalue weighted by Crippen LogP contribution is -2.07. The molecule has 7 heteroatoms. The third-order valence-electron chi connectivity index (χ3n) is 4.23. The van der Waals surface area contributed by atoms with Gasteiger partial charge < -0.3 is 14.8 Å². The SMILES string of the molecule is COc1cc(Nc2c3c(nc4nc(C)nn24)CCC3)cc(OC)c1. The number of hydrogen-bond acceptors (Lipinski definition) is 6. The molecule has 4 rings (SSSR count). The average Bonchev–Trinajstić information content (AvgIpc) is 3.19. The molecule has 2 aromatic heterocycles. The highest BCUT2D eigenvalue weighted by Gasteiger charge is 2.22. The third-order valence-corrected chi connectivity index (χ3v) is 4.23. The van der Waals surface area contributed by atoms with Gasteiger partial charge >= 0.3 is 0 Å². The van der Waals surface area contributed by atoms with Crippen molar-refractivity contribution in [2.24, 2.45) is 0 Å². The summed E-state index contributed by atoms with van der Waals surface area (Å²) in [7, 11) is 3.28. The smallest absolute Gasteiger partial charge is 0.254 e. The van der Waals surface area contributed by atoms with Crippen LogP contribution in [0.3, 0.4) is 0 Å². The first-order valence-corrected chi connectivity index (χ1v) is 7.93. The Morgan fingerprint density at radius 2 is 1.79 bits per heavy atom. The highest BCUT2D eigenvalue weighted by molar-refractivity contribution is 5.66. The first-order valence-electron chi connectivity index (χ1n) is 7.93. The van der Waals surface area contributed by atoms with Gasteiger partial charge in [-0.25, -0.2) is 4.98 Å². The predicted molar refractivity (Wildman–Crippen MR) is 90.4 cm³/mol. The zero-order valence-electron chi connectivity index (χ0n) is 14.0. The van der Waals surface area contributed by atoms with Gasteiger partial charge in [0.25, 0.3) is 5.78 Å². The fourth-order valence-corrected chi connectivity index (χ4v) is 3.13. The van der Waals surface area contributed by atoms with Crippen molar-refractivity contribution < 1.29 is 9.47 Å². The van der Waals surface area contributed by atoms with Gasteiger partial charge in [0, 0.05) is 29.4 Å². The average molecular weight is 325 g/mol. The van der Waals surface area contributed by atoms with E-state index in [-0.39, 0.29) is 0 Å². The molecule has 1 aromatic carbocycles. The maximum absolute atomic E-state index is 5.35. The summed E-state index contributed by atoms with van der Waals surface area (Å²) in [5.74, 6) is 3.72. The van der Waals surface area contributed by atoms with Crippen LogP contribution in [0.15, 0.2) is 18.2 Å². The molecule has 3 aromatic rings. The number of hydrogen-bond donors (Lipinski definition) is 1. The zero-order chi connectivity index (χ0) is 16.7. The summed E-state index contributed by atoms with van der Waals surface area (Å²) < 4.78 is 12.5. The van der Waals surface area contributed by atoms with Crippen LogP contribution >= 0.6 is 0 Å². The molecule has 0 saturated heterocycles. The van der Waals surface area contributed by atoms with E-state index in [2.05, 4.69) is 20.4 Å². The molecule has 1 aliphatic carbocycles. The number of fused-ring (bicyclic) bond motifs is 2. The van der Waals surface area contributed by atoms with Gasteiger partial charge in [0.2, 0.25) is 0 Å². The van der Waals surface area contributed by atoms with E-state index in [0.717, 1.165) is 48.0 Å². The maximum Gasteiger partial charge on any atom is 0.254 e. The number of nitrogens with one attached hydrogen (secondary N) is 1. The third kappa shape index (κ3) is 2.42. The molecule has 24 heavy (non-hydrogen) atoms. The number of aromatic nitrogens is 4. The number of benzene rings is 1. The first kappa shape index (κ1) is 14.7. The molecule has 1 aliphatic rings. The van der Waals surface area contributed by atoms with Crippen LogP contribution in [0.4, 0.5) is 11.5 Å². The maximum atomic E-state index is 5.35. The lowest BCUT2D eigenvalue weighted by atomic mass is 10.2. The summed E-state index contributed by atoms with van der Waals surface area (Å²) in [6.07, 6.45) is 3.07. The van der Waals surface area contributed by atoms with Crippen molar-refractivity contribution in [1.82, 2.24) is 19.6 Å². The van der Waals surface area contributed by atoms with Gasteiger partial charge in [-0.3, -0.25) is 0 Å². The lowest BCUT2D eigenvalue weighted by Gasteiger charge is -2.14. The molecule has 1 N–H and O–H groups in total. The number of anilines is 2. The quantitative estimate of drug-likeness (QED) is 0.795. The van der Waals surface area contributed by atoms with E-state index in [9.17, 15) is 0 Å². The van der Waals surface area contributed by atoms with E-state index >= 15 is 0 Å². The molecule has 0 unspecified atom stereocenters. The van der Waals surface area contributed by atoms with E-state index in [1.807, 2.05) is 25.1 Å². The Bertz CT molecular complexity index is 897. The lowest BCUT2D eigenvalue weighted by molar-refractivity contribution is 0.395. The topological polar surface area (TPSA) is 73.6 Å². The van der Waals surface area contributed by atoms with Crippen LogP contribution in [-0.4, -0.2) is 33.8 Å². The van der Waals surface area contributed by atoms with Gasteiger partial charge in [-0.2, -0.15) is 9.50 Å². The van der Waals surface area contributed by atoms with Gasteiger partial charge in [0.1, 0.15) is 23.1 Å². The van der Waals surface area contributed by atoms with Gasteiger partial charge in [0.05, 0.1) is 19.9 Å². The van der Waals surface area contributed by atoms with Gasteiger partial charge in [-0.05, 0) is 26.2 Å². The van der Waals surface area contributed by atoms with Crippen molar-refractivity contribution in [3.05, 3.63) is 35.3 Å². The minimum atomic E-state index is 0.630. The van der Waals surface area contributed by atoms with Gasteiger partial charge in [0.15, 0.2) is 0 Å². The van der Waals surface area contributed by atoms with Crippen LogP contribution < -0.4 is 14.8 Å². The van der Waals surface area contributed by atoms with Crippen LogP contribution in [0, 0.1) is 6.92 Å². The van der Waals surface area contributed by atoms with Crippen LogP contribution in [0.25, 0.3) is 5.78 Å². The fourth-order valence-electron chi connectivity index (χ4n) is 3.13. The molecule has 0 amide bonds. The standard InChI is InChI=1S/C17H19N5O2/c1-10-18-17-20-15-6-4-5-14(15)16(22(17)21-10)19-11-7-12(23-2)9-13(8-11)24-3/h7-9,19H,4-6H2,1-3H3. The second-order valence-corrected chi connectivity index (χ2v) is 5.84. The summed E-state index contributed by atoms with van der Waals surface area (Å²) >= 11 is 0. The predicted octanol–water partition coefficient (Wildman–Crippen LogP) is 2.68. The van der Waals surface area contributed by atoms with Crippen LogP contribution in [-0.2, 0) is 12.8 Å². The molecule has 0 aliphatic heterocycles. The molecule has 0 saturated carbocycles. The molecule has 0 fully saturated rings. The highest BCUT2D eigenvalue weighted by atomic mass is 16.5. The Balaban J connectivity index is 1.85. The van der Waals surface area contributed by atoms with E-state index in [4.69, 9.17) is 9.47 Å². The molecule has 0 bridgehead atoms. The Morgan fingerprint density at radius 3 is 2.50 bits per heavy atom. The van der Waals surface area contributed by atoms with Crippen LogP contribution in [0.1, 0.15) is 23.5 Å². The molecule has 0 spiro atoms. The summed E-state index contributed by atoms with van der Waals surface area (Å²) in [4.78, 5) is 9.06. The molecular weight excluding hydrogens is 306 g/mol. The van der Waals surface area contributed by atoms with Crippen molar-refractivity contribution in [1.29, 1.82) is 0 Å². The number of aryl methyl sites for hydroxylation is 2. The molecule has 0 atom stereocenters. The zero-order valence-corrected chi connectivity index (χ0v) is 14.0. The Kier molecular flexibility index (Phi) is 3.48. The first-order chi connectivity index (χ1) is 11.7. The summed E-state index contributed by atoms with van der Waals surface area (Å²) in [5.41, 5.74) is 3.18. The molecular formula is C17H19N5O2. The minimum absolute atomic E-state index is 0.630. The van der Waals surface area contributed by atoms with E-state index in [1.165, 1.54) is 5.56 Å². The summed E-state index contributed by atoms with van der Waals surface area (Å²) in [6.45, 7) is 1.87. The van der Waals surface area contributed by atoms with Crippen molar-refractivity contribution in [3.8, 4) is 11.5 Å². The van der Waals surface area contributed by atoms with E-state index in [1.54, 1.807) is 18.7 Å². The summed E-state index contributed by atoms with van der Waals surface area (Å²) in [6, 6.07) is 5.71. The Hall–Kier alpha value is -2.83. The van der Waals surface area contributed by atoms with Gasteiger partial charge in [-0.15, -0.1) is 5.10 Å². The number of ether oxygens (including phenoxy) is 2. The van der Waals surface area contributed by atoms with Crippen LogP contribution in [0.5, 0.6) is 11.5 Å². The van der Waals surface area contributed by atoms with Crippen molar-refractivity contribution in [3.63, 3.8) is 0 Å². The molecule has 124 valence electrons. The van der Waals surface area contributed by atoms with Crippen molar-refractivity contribution in [2.45, 2.75) is 26.2 Å². The second kappa shape index (κ2) is 5.67. The Labute approximate surface area is 139 Å². The number of methoxy groups -OCH3 is 2. The van der Waals surface area contributed by atoms with Crippen molar-refractivity contribution in [2.75, 3.05) is 19.5 Å². The monoisotopic (exact) mass is 325 g/mol. The fraction of sp³-hybridized carbons (Fsp3) is 0.353. The van der Waals surface area contributed by atoms with Gasteiger partial charge in [-0.1, -0.05) is 0 Å².